The maximum absolute atomic E-state index is 3.63. The molecule has 0 heterocycles. The van der Waals surface area contributed by atoms with Crippen molar-refractivity contribution in [2.24, 2.45) is 0 Å². The van der Waals surface area contributed by atoms with E-state index in [-0.39, 0.29) is 0 Å². The minimum atomic E-state index is 1.17. The van der Waals surface area contributed by atoms with Crippen molar-refractivity contribution in [2.45, 2.75) is 90.9 Å². The summed E-state index contributed by atoms with van der Waals surface area (Å²) < 4.78 is 0. The van der Waals surface area contributed by atoms with Crippen molar-refractivity contribution in [1.29, 1.82) is 0 Å². The molecule has 25 heavy (non-hydrogen) atoms. The molecule has 0 aliphatic carbocycles. The van der Waals surface area contributed by atoms with Crippen molar-refractivity contribution < 1.29 is 0 Å². The van der Waals surface area contributed by atoms with E-state index < -0.39 is 0 Å². The summed E-state index contributed by atoms with van der Waals surface area (Å²) in [6.45, 7) is 10.7. The number of benzene rings is 1. The van der Waals surface area contributed by atoms with Gasteiger partial charge in [0.05, 0.1) is 0 Å². The van der Waals surface area contributed by atoms with E-state index in [0.717, 1.165) is 0 Å². The van der Waals surface area contributed by atoms with Crippen LogP contribution in [0.4, 0.5) is 0 Å². The Kier molecular flexibility index (Phi) is 20.1. The van der Waals surface area contributed by atoms with Crippen molar-refractivity contribution in [3.8, 4) is 0 Å². The lowest BCUT2D eigenvalue weighted by Gasteiger charge is -2.04. The maximum atomic E-state index is 3.63. The fraction of sp³-hybridized carbons (Fsp3) is 0.667. The summed E-state index contributed by atoms with van der Waals surface area (Å²) in [6, 6.07) is 10.0. The Balaban J connectivity index is 0.000000593. The average Bonchev–Trinajstić information content (AvgIpc) is 2.67. The van der Waals surface area contributed by atoms with Gasteiger partial charge in [-0.2, -0.15) is 0 Å². The maximum Gasteiger partial charge on any atom is -0.00489 e. The summed E-state index contributed by atoms with van der Waals surface area (Å²) in [5.41, 5.74) is 1.17. The van der Waals surface area contributed by atoms with Gasteiger partial charge >= 0.3 is 0 Å². The molecule has 0 aromatic heterocycles. The summed E-state index contributed by atoms with van der Waals surface area (Å²) in [7, 11) is 0. The fourth-order valence-corrected chi connectivity index (χ4v) is 2.77. The first-order valence-electron chi connectivity index (χ1n) is 10.7. The molecule has 0 saturated carbocycles. The van der Waals surface area contributed by atoms with Gasteiger partial charge in [0.1, 0.15) is 0 Å². The molecule has 144 valence electrons. The van der Waals surface area contributed by atoms with Crippen LogP contribution in [0.2, 0.25) is 0 Å². The molecule has 0 aliphatic heterocycles. The molecule has 0 spiro atoms. The van der Waals surface area contributed by atoms with Crippen LogP contribution < -0.4 is 5.32 Å². The van der Waals surface area contributed by atoms with Crippen molar-refractivity contribution in [3.63, 3.8) is 0 Å². The summed E-state index contributed by atoms with van der Waals surface area (Å²) in [5, 5.41) is 3.57. The van der Waals surface area contributed by atoms with E-state index in [9.17, 15) is 0 Å². The Hall–Kier alpha value is -1.08. The van der Waals surface area contributed by atoms with Gasteiger partial charge in [0.2, 0.25) is 0 Å². The van der Waals surface area contributed by atoms with Crippen LogP contribution in [0.15, 0.2) is 36.9 Å². The third-order valence-electron chi connectivity index (χ3n) is 4.45. The SMILES string of the molecule is C=Cc1ccccc1.CCCCCCCCNCCCCCCCC. The highest BCUT2D eigenvalue weighted by Gasteiger charge is 1.92. The van der Waals surface area contributed by atoms with E-state index in [0.29, 0.717) is 0 Å². The van der Waals surface area contributed by atoms with Crippen molar-refractivity contribution in [1.82, 2.24) is 5.32 Å². The van der Waals surface area contributed by atoms with E-state index in [1.54, 1.807) is 0 Å². The molecule has 0 radical (unpaired) electrons. The summed E-state index contributed by atoms with van der Waals surface area (Å²) in [5.74, 6) is 0. The summed E-state index contributed by atoms with van der Waals surface area (Å²) in [4.78, 5) is 0. The smallest absolute Gasteiger partial charge is 0.00489 e. The minimum Gasteiger partial charge on any atom is -0.317 e. The Morgan fingerprint density at radius 2 is 1.12 bits per heavy atom. The molecule has 1 N–H and O–H groups in total. The van der Waals surface area contributed by atoms with E-state index in [1.165, 1.54) is 95.7 Å². The van der Waals surface area contributed by atoms with Crippen LogP contribution in [0.5, 0.6) is 0 Å². The predicted octanol–water partition coefficient (Wildman–Crippen LogP) is 7.63. The standard InChI is InChI=1S/C16H35N.C8H8/c1-3-5-7-9-11-13-15-17-16-14-12-10-8-6-4-2;1-2-8-6-4-3-5-7-8/h17H,3-16H2,1-2H3;2-7H,1H2. The van der Waals surface area contributed by atoms with Gasteiger partial charge in [0.25, 0.3) is 0 Å². The van der Waals surface area contributed by atoms with E-state index in [1.807, 2.05) is 36.4 Å². The zero-order chi connectivity index (χ0) is 18.4. The minimum absolute atomic E-state index is 1.17. The van der Waals surface area contributed by atoms with Crippen molar-refractivity contribution >= 4 is 6.08 Å². The highest BCUT2D eigenvalue weighted by Crippen LogP contribution is 2.05. The molecule has 0 fully saturated rings. The van der Waals surface area contributed by atoms with Crippen LogP contribution >= 0.6 is 0 Å². The number of unbranched alkanes of at least 4 members (excludes halogenated alkanes) is 10. The topological polar surface area (TPSA) is 12.0 Å². The van der Waals surface area contributed by atoms with Crippen LogP contribution in [0, 0.1) is 0 Å². The zero-order valence-corrected chi connectivity index (χ0v) is 17.1. The summed E-state index contributed by atoms with van der Waals surface area (Å²) in [6.07, 6.45) is 18.7. The highest BCUT2D eigenvalue weighted by atomic mass is 14.8. The Bertz CT molecular complexity index is 344. The number of nitrogens with one attached hydrogen (secondary N) is 1. The second-order valence-electron chi connectivity index (χ2n) is 6.90. The first-order chi connectivity index (χ1) is 12.3. The molecule has 0 atom stereocenters. The van der Waals surface area contributed by atoms with Gasteiger partial charge in [0.15, 0.2) is 0 Å². The van der Waals surface area contributed by atoms with Crippen LogP contribution in [0.25, 0.3) is 6.08 Å². The average molecular weight is 346 g/mol. The van der Waals surface area contributed by atoms with E-state index in [2.05, 4.69) is 25.7 Å². The molecular weight excluding hydrogens is 302 g/mol. The third kappa shape index (κ3) is 19.1. The molecule has 1 aromatic rings. The molecule has 0 bridgehead atoms. The second-order valence-corrected chi connectivity index (χ2v) is 6.90. The number of rotatable bonds is 15. The molecule has 1 nitrogen and oxygen atoms in total. The molecule has 0 saturated heterocycles. The van der Waals surface area contributed by atoms with Gasteiger partial charge in [-0.1, -0.05) is 121 Å². The monoisotopic (exact) mass is 345 g/mol. The quantitative estimate of drug-likeness (QED) is 0.322. The summed E-state index contributed by atoms with van der Waals surface area (Å²) >= 11 is 0. The molecule has 0 unspecified atom stereocenters. The largest absolute Gasteiger partial charge is 0.317 e. The zero-order valence-electron chi connectivity index (χ0n) is 17.1. The van der Waals surface area contributed by atoms with Gasteiger partial charge in [0, 0.05) is 0 Å². The Morgan fingerprint density at radius 1 is 0.680 bits per heavy atom. The number of hydrogen-bond donors (Lipinski definition) is 1. The molecule has 0 amide bonds. The van der Waals surface area contributed by atoms with Crippen LogP contribution in [0.3, 0.4) is 0 Å². The van der Waals surface area contributed by atoms with Gasteiger partial charge in [-0.25, -0.2) is 0 Å². The molecule has 1 rings (SSSR count). The first-order valence-corrected chi connectivity index (χ1v) is 10.7. The highest BCUT2D eigenvalue weighted by molar-refractivity contribution is 5.45. The van der Waals surface area contributed by atoms with Crippen LogP contribution in [0.1, 0.15) is 96.5 Å². The lowest BCUT2D eigenvalue weighted by atomic mass is 10.1. The second kappa shape index (κ2) is 21.0. The number of hydrogen-bond acceptors (Lipinski definition) is 1. The predicted molar refractivity (Wildman–Crippen MR) is 116 cm³/mol. The van der Waals surface area contributed by atoms with Gasteiger partial charge < -0.3 is 5.32 Å². The lowest BCUT2D eigenvalue weighted by molar-refractivity contribution is 0.543. The normalized spacial score (nSPS) is 10.2. The molecular formula is C24H43N. The van der Waals surface area contributed by atoms with Crippen molar-refractivity contribution in [2.75, 3.05) is 13.1 Å². The molecule has 0 aliphatic rings. The van der Waals surface area contributed by atoms with Gasteiger partial charge in [-0.05, 0) is 31.5 Å². The lowest BCUT2D eigenvalue weighted by Crippen LogP contribution is -2.16. The van der Waals surface area contributed by atoms with Crippen LogP contribution in [-0.2, 0) is 0 Å². The molecule has 1 heteroatoms. The van der Waals surface area contributed by atoms with Crippen LogP contribution in [-0.4, -0.2) is 13.1 Å². The first kappa shape index (κ1) is 23.9. The third-order valence-corrected chi connectivity index (χ3v) is 4.45. The van der Waals surface area contributed by atoms with Crippen molar-refractivity contribution in [3.05, 3.63) is 42.5 Å². The Morgan fingerprint density at radius 3 is 1.52 bits per heavy atom. The van der Waals surface area contributed by atoms with Gasteiger partial charge in [-0.15, -0.1) is 0 Å². The van der Waals surface area contributed by atoms with E-state index in [4.69, 9.17) is 0 Å². The fourth-order valence-electron chi connectivity index (χ4n) is 2.77. The van der Waals surface area contributed by atoms with E-state index >= 15 is 0 Å². The molecule has 1 aromatic carbocycles. The van der Waals surface area contributed by atoms with Gasteiger partial charge in [-0.3, -0.25) is 0 Å². The Labute approximate surface area is 158 Å².